The number of anilines is 1. The van der Waals surface area contributed by atoms with Gasteiger partial charge < -0.3 is 28.6 Å². The van der Waals surface area contributed by atoms with E-state index in [-0.39, 0.29) is 6.09 Å². The zero-order valence-corrected chi connectivity index (χ0v) is 28.1. The summed E-state index contributed by atoms with van der Waals surface area (Å²) in [5.74, 6) is 0. The number of nitrogens with one attached hydrogen (secondary N) is 1. The predicted molar refractivity (Wildman–Crippen MR) is 183 cm³/mol. The number of unbranched alkanes of at least 4 members (excludes halogenated alkanes) is 5. The Morgan fingerprint density at radius 2 is 1.13 bits per heavy atom. The minimum absolute atomic E-state index is 0.379. The molecule has 4 rings (SSSR count). The van der Waals surface area contributed by atoms with Crippen LogP contribution < -0.4 is 5.32 Å². The third kappa shape index (κ3) is 14.1. The Hall–Kier alpha value is -2.53. The van der Waals surface area contributed by atoms with Crippen molar-refractivity contribution in [3.8, 4) is 11.1 Å². The molecule has 0 spiro atoms. The molecule has 9 heteroatoms. The highest BCUT2D eigenvalue weighted by Gasteiger charge is 2.33. The van der Waals surface area contributed by atoms with E-state index in [0.717, 1.165) is 82.1 Å². The van der Waals surface area contributed by atoms with Crippen LogP contribution >= 0.6 is 0 Å². The molecule has 0 saturated carbocycles. The molecule has 9 nitrogen and oxygen atoms in total. The van der Waals surface area contributed by atoms with Gasteiger partial charge in [0.05, 0.1) is 58.5 Å². The van der Waals surface area contributed by atoms with Crippen LogP contribution in [0.1, 0.15) is 58.3 Å². The number of rotatable bonds is 12. The van der Waals surface area contributed by atoms with Crippen LogP contribution in [0.3, 0.4) is 0 Å². The zero-order chi connectivity index (χ0) is 32.1. The molecule has 2 aliphatic heterocycles. The molecular weight excluding hydrogens is 582 g/mol. The van der Waals surface area contributed by atoms with E-state index >= 15 is 0 Å². The number of likely N-dealkylation sites (tertiary alicyclic amines) is 1. The van der Waals surface area contributed by atoms with Crippen LogP contribution in [0.2, 0.25) is 0 Å². The molecule has 0 aromatic heterocycles. The van der Waals surface area contributed by atoms with Crippen LogP contribution in [-0.2, 0) is 23.7 Å². The highest BCUT2D eigenvalue weighted by Crippen LogP contribution is 2.30. The van der Waals surface area contributed by atoms with Gasteiger partial charge in [0.15, 0.2) is 0 Å². The van der Waals surface area contributed by atoms with Crippen molar-refractivity contribution in [2.45, 2.75) is 63.9 Å². The average Bonchev–Trinajstić information content (AvgIpc) is 3.08. The quantitative estimate of drug-likeness (QED) is 0.265. The molecule has 0 atom stereocenters. The fraction of sp³-hybridized carbons (Fsp3) is 0.649. The zero-order valence-electron chi connectivity index (χ0n) is 28.1. The summed E-state index contributed by atoms with van der Waals surface area (Å²) in [5, 5.41) is 3.00. The second-order valence-corrected chi connectivity index (χ2v) is 12.6. The van der Waals surface area contributed by atoms with Crippen molar-refractivity contribution in [1.29, 1.82) is 0 Å². The monoisotopic (exact) mass is 639 g/mol. The van der Waals surface area contributed by atoms with Gasteiger partial charge in [0.2, 0.25) is 0 Å². The Balaban J connectivity index is 1.04. The van der Waals surface area contributed by atoms with Crippen molar-refractivity contribution in [3.05, 3.63) is 54.6 Å². The highest BCUT2D eigenvalue weighted by atomic mass is 16.6. The van der Waals surface area contributed by atoms with E-state index in [9.17, 15) is 4.79 Å². The lowest BCUT2D eigenvalue weighted by Crippen LogP contribution is -2.46. The first-order valence-electron chi connectivity index (χ1n) is 17.5. The smallest absolute Gasteiger partial charge is 0.412 e. The topological polar surface area (TPSA) is 81.7 Å². The summed E-state index contributed by atoms with van der Waals surface area (Å²) in [7, 11) is 0. The van der Waals surface area contributed by atoms with Gasteiger partial charge in [-0.25, -0.2) is 4.79 Å². The second kappa shape index (κ2) is 21.4. The maximum atomic E-state index is 12.9. The van der Waals surface area contributed by atoms with Crippen molar-refractivity contribution >= 4 is 11.8 Å². The van der Waals surface area contributed by atoms with E-state index in [1.165, 1.54) is 38.5 Å². The molecule has 2 fully saturated rings. The van der Waals surface area contributed by atoms with Crippen LogP contribution in [0.25, 0.3) is 11.1 Å². The van der Waals surface area contributed by atoms with Gasteiger partial charge in [-0.2, -0.15) is 0 Å². The maximum absolute atomic E-state index is 12.9. The van der Waals surface area contributed by atoms with E-state index in [2.05, 4.69) is 22.0 Å². The molecule has 256 valence electrons. The fourth-order valence-electron chi connectivity index (χ4n) is 6.03. The average molecular weight is 640 g/mol. The Morgan fingerprint density at radius 1 is 0.652 bits per heavy atom. The molecule has 0 radical (unpaired) electrons. The van der Waals surface area contributed by atoms with Gasteiger partial charge in [-0.05, 0) is 57.3 Å². The van der Waals surface area contributed by atoms with E-state index in [0.29, 0.717) is 39.6 Å². The van der Waals surface area contributed by atoms with E-state index in [1.54, 1.807) is 0 Å². The SMILES string of the molecule is CC1(OC(=O)Nc2ccccc2-c2ccccc2)CCN(CCCCCCCCN2CCOCCOCCOCCOCC2)CC1. The number of hydrogen-bond donors (Lipinski definition) is 1. The fourth-order valence-corrected chi connectivity index (χ4v) is 6.03. The third-order valence-corrected chi connectivity index (χ3v) is 8.92. The Kier molecular flexibility index (Phi) is 16.9. The molecule has 2 aromatic carbocycles. The van der Waals surface area contributed by atoms with E-state index < -0.39 is 5.60 Å². The number of hydrogen-bond acceptors (Lipinski definition) is 8. The predicted octanol–water partition coefficient (Wildman–Crippen LogP) is 6.48. The second-order valence-electron chi connectivity index (χ2n) is 12.6. The molecule has 0 aliphatic carbocycles. The Labute approximate surface area is 276 Å². The Morgan fingerprint density at radius 3 is 1.72 bits per heavy atom. The van der Waals surface area contributed by atoms with Gasteiger partial charge >= 0.3 is 6.09 Å². The minimum Gasteiger partial charge on any atom is -0.443 e. The van der Waals surface area contributed by atoms with Gasteiger partial charge in [-0.15, -0.1) is 0 Å². The maximum Gasteiger partial charge on any atom is 0.412 e. The van der Waals surface area contributed by atoms with Gasteiger partial charge in [0, 0.05) is 31.7 Å². The van der Waals surface area contributed by atoms with Crippen LogP contribution in [-0.4, -0.2) is 114 Å². The van der Waals surface area contributed by atoms with E-state index in [1.807, 2.05) is 54.6 Å². The first-order chi connectivity index (χ1) is 22.6. The minimum atomic E-state index is -0.440. The van der Waals surface area contributed by atoms with Crippen LogP contribution in [0.5, 0.6) is 0 Å². The van der Waals surface area contributed by atoms with Gasteiger partial charge in [-0.3, -0.25) is 10.2 Å². The van der Waals surface area contributed by atoms with Gasteiger partial charge in [0.1, 0.15) is 5.60 Å². The summed E-state index contributed by atoms with van der Waals surface area (Å²) in [6.45, 7) is 13.3. The van der Waals surface area contributed by atoms with Gasteiger partial charge in [0.25, 0.3) is 0 Å². The Bertz CT molecular complexity index is 1080. The van der Waals surface area contributed by atoms with E-state index in [4.69, 9.17) is 23.7 Å². The number of nitrogens with zero attached hydrogens (tertiary/aromatic N) is 2. The standard InChI is InChI=1S/C37H57N3O6/c1-37(46-36(41)38-35-16-10-9-15-34(35)33-13-7-6-8-14-33)17-21-39(22-18-37)19-11-4-2-3-5-12-20-40-23-25-42-27-29-44-31-32-45-30-28-43-26-24-40/h6-10,13-16H,2-5,11-12,17-32H2,1H3,(H,38,41). The summed E-state index contributed by atoms with van der Waals surface area (Å²) in [5.41, 5.74) is 2.38. The lowest BCUT2D eigenvalue weighted by atomic mass is 9.93. The van der Waals surface area contributed by atoms with Crippen LogP contribution in [0.4, 0.5) is 10.5 Å². The first kappa shape index (κ1) is 36.3. The third-order valence-electron chi connectivity index (χ3n) is 8.92. The number of ether oxygens (including phenoxy) is 5. The summed E-state index contributed by atoms with van der Waals surface area (Å²) < 4.78 is 28.5. The van der Waals surface area contributed by atoms with Crippen LogP contribution in [0.15, 0.2) is 54.6 Å². The first-order valence-corrected chi connectivity index (χ1v) is 17.5. The van der Waals surface area contributed by atoms with Crippen molar-refractivity contribution in [1.82, 2.24) is 9.80 Å². The van der Waals surface area contributed by atoms with Crippen molar-refractivity contribution in [2.24, 2.45) is 0 Å². The molecule has 1 N–H and O–H groups in total. The molecule has 46 heavy (non-hydrogen) atoms. The number of para-hydroxylation sites is 1. The number of carbonyl (C=O) groups is 1. The number of amides is 1. The molecule has 0 bridgehead atoms. The van der Waals surface area contributed by atoms with Crippen LogP contribution in [0, 0.1) is 0 Å². The summed E-state index contributed by atoms with van der Waals surface area (Å²) >= 11 is 0. The van der Waals surface area contributed by atoms with Crippen molar-refractivity contribution in [3.63, 3.8) is 0 Å². The molecule has 2 aliphatic rings. The van der Waals surface area contributed by atoms with Crippen molar-refractivity contribution < 1.29 is 28.5 Å². The summed E-state index contributed by atoms with van der Waals surface area (Å²) in [4.78, 5) is 17.9. The molecule has 2 aromatic rings. The van der Waals surface area contributed by atoms with Gasteiger partial charge in [-0.1, -0.05) is 74.2 Å². The summed E-state index contributed by atoms with van der Waals surface area (Å²) in [6, 6.07) is 18.0. The summed E-state index contributed by atoms with van der Waals surface area (Å²) in [6.07, 6.45) is 8.86. The largest absolute Gasteiger partial charge is 0.443 e. The van der Waals surface area contributed by atoms with Crippen molar-refractivity contribution in [2.75, 3.05) is 97.4 Å². The number of piperidine rings is 1. The molecule has 2 saturated heterocycles. The highest BCUT2D eigenvalue weighted by molar-refractivity contribution is 5.91. The molecule has 0 unspecified atom stereocenters. The lowest BCUT2D eigenvalue weighted by molar-refractivity contribution is -0.0163. The molecule has 1 amide bonds. The normalized spacial score (nSPS) is 19.5. The number of carbonyl (C=O) groups excluding carboxylic acids is 1. The molecular formula is C37H57N3O6. The number of benzene rings is 2. The molecule has 2 heterocycles. The lowest BCUT2D eigenvalue weighted by Gasteiger charge is -2.38.